The minimum Gasteiger partial charge on any atom is -0.455 e. The smallest absolute Gasteiger partial charge is 0.143 e. The second kappa shape index (κ2) is 14.1. The van der Waals surface area contributed by atoms with Crippen molar-refractivity contribution >= 4 is 60.5 Å². The molecule has 58 heavy (non-hydrogen) atoms. The Hall–Kier alpha value is -7.68. The van der Waals surface area contributed by atoms with Crippen molar-refractivity contribution in [2.75, 3.05) is 4.90 Å². The highest BCUT2D eigenvalue weighted by atomic mass is 16.3. The molecule has 0 saturated heterocycles. The number of hydrogen-bond donors (Lipinski definition) is 0. The zero-order chi connectivity index (χ0) is 38.4. The molecule has 11 aromatic rings. The Bertz CT molecular complexity index is 3290. The van der Waals surface area contributed by atoms with Crippen LogP contribution in [0.1, 0.15) is 0 Å². The van der Waals surface area contributed by atoms with Crippen LogP contribution in [-0.2, 0) is 0 Å². The number of furan rings is 1. The molecule has 0 bridgehead atoms. The Balaban J connectivity index is 1.23. The van der Waals surface area contributed by atoms with E-state index in [1.54, 1.807) is 0 Å². The standard InChI is InChI=1S/C56H37NO/c1-2-18-39(19-3-1)42-29-15-22-40-23-16-31-48(55(40)42)45-26-7-11-35-52(45)57(51-34-10-6-25-44(51)43-30-14-21-38-20-4-5-24-41(38)43)53-36-12-8-27-46(53)49-32-17-33-50-47-28-9-13-37-54(47)58-56(49)50/h1-37H. The van der Waals surface area contributed by atoms with E-state index in [9.17, 15) is 0 Å². The lowest BCUT2D eigenvalue weighted by atomic mass is 9.90. The normalized spacial score (nSPS) is 11.4. The van der Waals surface area contributed by atoms with Crippen molar-refractivity contribution in [2.24, 2.45) is 0 Å². The first-order chi connectivity index (χ1) is 28.8. The fourth-order valence-electron chi connectivity index (χ4n) is 8.92. The molecule has 1 heterocycles. The average molecular weight is 740 g/mol. The molecular weight excluding hydrogens is 703 g/mol. The van der Waals surface area contributed by atoms with Gasteiger partial charge in [-0.05, 0) is 68.1 Å². The molecule has 272 valence electrons. The molecule has 2 heteroatoms. The van der Waals surface area contributed by atoms with Gasteiger partial charge in [-0.1, -0.05) is 200 Å². The second-order valence-electron chi connectivity index (χ2n) is 14.8. The number of hydrogen-bond acceptors (Lipinski definition) is 2. The zero-order valence-electron chi connectivity index (χ0n) is 31.7. The van der Waals surface area contributed by atoms with Crippen molar-refractivity contribution in [3.63, 3.8) is 0 Å². The number of fused-ring (bicyclic) bond motifs is 5. The molecule has 0 aliphatic rings. The SMILES string of the molecule is c1ccc(-c2cccc3cccc(-c4ccccc4N(c4ccccc4-c4cccc5ccccc45)c4ccccc4-c4cccc5c4oc4ccccc45)c23)cc1. The topological polar surface area (TPSA) is 16.4 Å². The van der Waals surface area contributed by atoms with Crippen LogP contribution in [0, 0.1) is 0 Å². The molecule has 2 nitrogen and oxygen atoms in total. The highest BCUT2D eigenvalue weighted by Gasteiger charge is 2.25. The molecule has 0 spiro atoms. The predicted octanol–water partition coefficient (Wildman–Crippen LogP) is 16.0. The predicted molar refractivity (Wildman–Crippen MR) is 245 cm³/mol. The van der Waals surface area contributed by atoms with Crippen molar-refractivity contribution in [2.45, 2.75) is 0 Å². The molecule has 0 fully saturated rings. The van der Waals surface area contributed by atoms with Gasteiger partial charge in [0, 0.05) is 33.0 Å². The van der Waals surface area contributed by atoms with Gasteiger partial charge in [-0.25, -0.2) is 0 Å². The third-order valence-electron chi connectivity index (χ3n) is 11.5. The number of rotatable bonds is 7. The van der Waals surface area contributed by atoms with E-state index in [4.69, 9.17) is 4.42 Å². The maximum atomic E-state index is 6.70. The summed E-state index contributed by atoms with van der Waals surface area (Å²) in [5.74, 6) is 0. The Labute approximate surface area is 337 Å². The highest BCUT2D eigenvalue weighted by Crippen LogP contribution is 2.50. The quantitative estimate of drug-likeness (QED) is 0.162. The molecule has 1 aromatic heterocycles. The van der Waals surface area contributed by atoms with E-state index in [-0.39, 0.29) is 0 Å². The molecule has 0 aliphatic carbocycles. The van der Waals surface area contributed by atoms with Crippen molar-refractivity contribution in [3.8, 4) is 44.5 Å². The summed E-state index contributed by atoms with van der Waals surface area (Å²) in [4.78, 5) is 2.48. The molecule has 0 radical (unpaired) electrons. The van der Waals surface area contributed by atoms with E-state index in [1.807, 2.05) is 6.07 Å². The van der Waals surface area contributed by atoms with Crippen LogP contribution < -0.4 is 4.90 Å². The van der Waals surface area contributed by atoms with Gasteiger partial charge in [-0.2, -0.15) is 0 Å². The van der Waals surface area contributed by atoms with Gasteiger partial charge >= 0.3 is 0 Å². The first-order valence-corrected chi connectivity index (χ1v) is 19.9. The van der Waals surface area contributed by atoms with Gasteiger partial charge in [0.2, 0.25) is 0 Å². The molecule has 10 aromatic carbocycles. The van der Waals surface area contributed by atoms with Gasteiger partial charge in [0.1, 0.15) is 11.2 Å². The summed E-state index contributed by atoms with van der Waals surface area (Å²) in [5, 5.41) is 7.08. The van der Waals surface area contributed by atoms with Gasteiger partial charge in [-0.3, -0.25) is 0 Å². The van der Waals surface area contributed by atoms with Crippen LogP contribution in [0.25, 0.3) is 88.0 Å². The lowest BCUT2D eigenvalue weighted by Gasteiger charge is -2.32. The van der Waals surface area contributed by atoms with Gasteiger partial charge < -0.3 is 9.32 Å². The minimum atomic E-state index is 0.883. The van der Waals surface area contributed by atoms with E-state index in [1.165, 1.54) is 43.8 Å². The molecule has 0 atom stereocenters. The van der Waals surface area contributed by atoms with E-state index >= 15 is 0 Å². The second-order valence-corrected chi connectivity index (χ2v) is 14.8. The summed E-state index contributed by atoms with van der Waals surface area (Å²) >= 11 is 0. The van der Waals surface area contributed by atoms with E-state index in [0.717, 1.165) is 61.3 Å². The third-order valence-corrected chi connectivity index (χ3v) is 11.5. The van der Waals surface area contributed by atoms with Crippen molar-refractivity contribution in [3.05, 3.63) is 224 Å². The van der Waals surface area contributed by atoms with Gasteiger partial charge in [-0.15, -0.1) is 0 Å². The number of anilines is 3. The number of para-hydroxylation sites is 5. The van der Waals surface area contributed by atoms with Crippen LogP contribution in [0.3, 0.4) is 0 Å². The Morgan fingerprint density at radius 2 is 0.724 bits per heavy atom. The van der Waals surface area contributed by atoms with E-state index in [2.05, 4.69) is 223 Å². The Kier molecular flexibility index (Phi) is 8.19. The fourth-order valence-corrected chi connectivity index (χ4v) is 8.92. The van der Waals surface area contributed by atoms with Gasteiger partial charge in [0.05, 0.1) is 17.1 Å². The van der Waals surface area contributed by atoms with Crippen LogP contribution in [0.15, 0.2) is 229 Å². The largest absolute Gasteiger partial charge is 0.455 e. The number of nitrogens with zero attached hydrogens (tertiary/aromatic N) is 1. The van der Waals surface area contributed by atoms with Gasteiger partial charge in [0.15, 0.2) is 0 Å². The van der Waals surface area contributed by atoms with E-state index in [0.29, 0.717) is 0 Å². The van der Waals surface area contributed by atoms with Crippen LogP contribution in [0.2, 0.25) is 0 Å². The van der Waals surface area contributed by atoms with Crippen LogP contribution in [0.5, 0.6) is 0 Å². The summed E-state index contributed by atoms with van der Waals surface area (Å²) < 4.78 is 6.70. The zero-order valence-corrected chi connectivity index (χ0v) is 31.7. The fraction of sp³-hybridized carbons (Fsp3) is 0. The number of benzene rings is 10. The minimum absolute atomic E-state index is 0.883. The maximum Gasteiger partial charge on any atom is 0.143 e. The summed E-state index contributed by atoms with van der Waals surface area (Å²) in [7, 11) is 0. The summed E-state index contributed by atoms with van der Waals surface area (Å²) in [6.45, 7) is 0. The lowest BCUT2D eigenvalue weighted by Crippen LogP contribution is -2.13. The average Bonchev–Trinajstić information content (AvgIpc) is 3.69. The Morgan fingerprint density at radius 3 is 1.45 bits per heavy atom. The van der Waals surface area contributed by atoms with E-state index < -0.39 is 0 Å². The van der Waals surface area contributed by atoms with Crippen molar-refractivity contribution in [1.82, 2.24) is 0 Å². The monoisotopic (exact) mass is 739 g/mol. The summed E-state index contributed by atoms with van der Waals surface area (Å²) in [5.41, 5.74) is 14.2. The summed E-state index contributed by atoms with van der Waals surface area (Å²) in [6, 6.07) is 80.7. The first-order valence-electron chi connectivity index (χ1n) is 19.9. The molecule has 11 rings (SSSR count). The van der Waals surface area contributed by atoms with Crippen LogP contribution >= 0.6 is 0 Å². The highest BCUT2D eigenvalue weighted by molar-refractivity contribution is 6.13. The molecule has 0 N–H and O–H groups in total. The van der Waals surface area contributed by atoms with Crippen LogP contribution in [-0.4, -0.2) is 0 Å². The van der Waals surface area contributed by atoms with Gasteiger partial charge in [0.25, 0.3) is 0 Å². The summed E-state index contributed by atoms with van der Waals surface area (Å²) in [6.07, 6.45) is 0. The first kappa shape index (κ1) is 33.6. The molecule has 0 amide bonds. The molecule has 0 unspecified atom stereocenters. The molecular formula is C56H37NO. The van der Waals surface area contributed by atoms with Crippen molar-refractivity contribution in [1.29, 1.82) is 0 Å². The molecule has 0 aliphatic heterocycles. The Morgan fingerprint density at radius 1 is 0.276 bits per heavy atom. The van der Waals surface area contributed by atoms with Crippen molar-refractivity contribution < 1.29 is 4.42 Å². The third kappa shape index (κ3) is 5.57. The van der Waals surface area contributed by atoms with Crippen LogP contribution in [0.4, 0.5) is 17.1 Å². The lowest BCUT2D eigenvalue weighted by molar-refractivity contribution is 0.670. The molecule has 0 saturated carbocycles. The maximum absolute atomic E-state index is 6.70.